The third-order valence-electron chi connectivity index (χ3n) is 2.40. The van der Waals surface area contributed by atoms with Crippen molar-refractivity contribution in [3.63, 3.8) is 0 Å². The molecule has 0 bridgehead atoms. The highest BCUT2D eigenvalue weighted by molar-refractivity contribution is 9.10. The molecule has 17 heavy (non-hydrogen) atoms. The smallest absolute Gasteiger partial charge is 0.107 e. The average Bonchev–Trinajstić information content (AvgIpc) is 2.63. The van der Waals surface area contributed by atoms with Crippen LogP contribution in [0.5, 0.6) is 0 Å². The molecule has 1 atom stereocenters. The zero-order valence-electron chi connectivity index (χ0n) is 8.79. The molecular weight excluding hydrogens is 385 g/mol. The topological polar surface area (TPSA) is 26.0 Å². The summed E-state index contributed by atoms with van der Waals surface area (Å²) in [5.74, 6) is 0. The quantitative estimate of drug-likeness (QED) is 0.762. The number of halogens is 3. The van der Waals surface area contributed by atoms with E-state index in [-0.39, 0.29) is 6.04 Å². The first kappa shape index (κ1) is 13.6. The number of hydrogen-bond acceptors (Lipinski definition) is 2. The van der Waals surface area contributed by atoms with Crippen molar-refractivity contribution in [1.29, 1.82) is 0 Å². The van der Waals surface area contributed by atoms with E-state index in [4.69, 9.17) is 17.3 Å². The van der Waals surface area contributed by atoms with E-state index in [2.05, 4.69) is 44.0 Å². The zero-order chi connectivity index (χ0) is 12.4. The molecule has 0 aliphatic carbocycles. The molecule has 1 aromatic carbocycles. The highest BCUT2D eigenvalue weighted by Crippen LogP contribution is 2.35. The molecule has 2 N–H and O–H groups in total. The molecule has 2 aromatic rings. The Bertz CT molecular complexity index is 490. The van der Waals surface area contributed by atoms with E-state index < -0.39 is 0 Å². The summed E-state index contributed by atoms with van der Waals surface area (Å²) in [4.78, 5) is 1.10. The first-order chi connectivity index (χ1) is 8.06. The largest absolute Gasteiger partial charge is 0.323 e. The van der Waals surface area contributed by atoms with Crippen molar-refractivity contribution in [3.8, 4) is 0 Å². The minimum absolute atomic E-state index is 0.00928. The lowest BCUT2D eigenvalue weighted by molar-refractivity contribution is 0.736. The maximum atomic E-state index is 6.17. The van der Waals surface area contributed by atoms with Crippen LogP contribution in [0.2, 0.25) is 4.34 Å². The molecule has 1 nitrogen and oxygen atoms in total. The number of benzene rings is 1. The summed E-state index contributed by atoms with van der Waals surface area (Å²) >= 11 is 14.3. The summed E-state index contributed by atoms with van der Waals surface area (Å²) in [6.45, 7) is 0. The van der Waals surface area contributed by atoms with Gasteiger partial charge in [0.25, 0.3) is 0 Å². The van der Waals surface area contributed by atoms with Gasteiger partial charge in [-0.1, -0.05) is 39.7 Å². The molecule has 0 radical (unpaired) electrons. The maximum absolute atomic E-state index is 6.17. The van der Waals surface area contributed by atoms with Crippen molar-refractivity contribution in [1.82, 2.24) is 0 Å². The summed E-state index contributed by atoms with van der Waals surface area (Å²) in [5.41, 5.74) is 7.39. The van der Waals surface area contributed by atoms with Crippen LogP contribution in [0, 0.1) is 0 Å². The van der Waals surface area contributed by atoms with E-state index in [0.717, 1.165) is 24.6 Å². The molecule has 0 aliphatic rings. The molecule has 5 heteroatoms. The maximum Gasteiger partial charge on any atom is 0.107 e. The third-order valence-corrected chi connectivity index (χ3v) is 5.53. The lowest BCUT2D eigenvalue weighted by Gasteiger charge is -2.09. The molecular formula is C12H10Br2ClNS. The zero-order valence-corrected chi connectivity index (χ0v) is 13.5. The van der Waals surface area contributed by atoms with Crippen molar-refractivity contribution in [2.75, 3.05) is 0 Å². The van der Waals surface area contributed by atoms with E-state index in [9.17, 15) is 0 Å². The molecule has 2 rings (SSSR count). The monoisotopic (exact) mass is 393 g/mol. The predicted molar refractivity (Wildman–Crippen MR) is 81.8 cm³/mol. The van der Waals surface area contributed by atoms with E-state index in [0.29, 0.717) is 0 Å². The highest BCUT2D eigenvalue weighted by atomic mass is 79.9. The standard InChI is InChI=1S/C12H10Br2ClNS/c13-8-3-1-7(2-4-8)5-10(16)11-6-9(14)12(15)17-11/h1-4,6,10H,5,16H2. The summed E-state index contributed by atoms with van der Waals surface area (Å²) in [6, 6.07) is 10.2. The van der Waals surface area contributed by atoms with Gasteiger partial charge in [0.15, 0.2) is 0 Å². The molecule has 1 aromatic heterocycles. The van der Waals surface area contributed by atoms with Gasteiger partial charge in [-0.2, -0.15) is 0 Å². The minimum Gasteiger partial charge on any atom is -0.323 e. The Hall–Kier alpha value is 0.130. The van der Waals surface area contributed by atoms with Gasteiger partial charge in [0.1, 0.15) is 4.34 Å². The summed E-state index contributed by atoms with van der Waals surface area (Å²) in [7, 11) is 0. The molecule has 0 saturated heterocycles. The molecule has 0 saturated carbocycles. The minimum atomic E-state index is -0.00928. The fraction of sp³-hybridized carbons (Fsp3) is 0.167. The Morgan fingerprint density at radius 2 is 1.88 bits per heavy atom. The van der Waals surface area contributed by atoms with Crippen LogP contribution in [0.1, 0.15) is 16.5 Å². The second-order valence-electron chi connectivity index (χ2n) is 3.71. The van der Waals surface area contributed by atoms with Crippen LogP contribution in [0.25, 0.3) is 0 Å². The van der Waals surface area contributed by atoms with E-state index in [1.54, 1.807) is 0 Å². The van der Waals surface area contributed by atoms with E-state index >= 15 is 0 Å². The van der Waals surface area contributed by atoms with Crippen molar-refractivity contribution >= 4 is 54.8 Å². The second kappa shape index (κ2) is 5.85. The molecule has 0 spiro atoms. The van der Waals surface area contributed by atoms with Crippen LogP contribution in [0.3, 0.4) is 0 Å². The van der Waals surface area contributed by atoms with E-state index in [1.165, 1.54) is 16.9 Å². The SMILES string of the molecule is NC(Cc1ccc(Br)cc1)c1cc(Br)c(Cl)s1. The van der Waals surface area contributed by atoms with Crippen LogP contribution >= 0.6 is 54.8 Å². The second-order valence-corrected chi connectivity index (χ2v) is 7.16. The summed E-state index contributed by atoms with van der Waals surface area (Å²) < 4.78 is 2.76. The Labute approximate surface area is 126 Å². The molecule has 0 amide bonds. The van der Waals surface area contributed by atoms with Crippen LogP contribution < -0.4 is 5.73 Å². The number of rotatable bonds is 3. The Kier molecular flexibility index (Phi) is 4.66. The van der Waals surface area contributed by atoms with Crippen LogP contribution in [-0.2, 0) is 6.42 Å². The van der Waals surface area contributed by atoms with Crippen molar-refractivity contribution in [2.24, 2.45) is 5.73 Å². The van der Waals surface area contributed by atoms with Crippen LogP contribution in [-0.4, -0.2) is 0 Å². The van der Waals surface area contributed by atoms with Gasteiger partial charge < -0.3 is 5.73 Å². The number of thiophene rings is 1. The first-order valence-corrected chi connectivity index (χ1v) is 7.79. The summed E-state index contributed by atoms with van der Waals surface area (Å²) in [5, 5.41) is 0. The van der Waals surface area contributed by atoms with Crippen LogP contribution in [0.4, 0.5) is 0 Å². The molecule has 0 fully saturated rings. The summed E-state index contributed by atoms with van der Waals surface area (Å²) in [6.07, 6.45) is 0.816. The Morgan fingerprint density at radius 3 is 2.41 bits per heavy atom. The number of nitrogens with two attached hydrogens (primary N) is 1. The van der Waals surface area contributed by atoms with Gasteiger partial charge in [-0.15, -0.1) is 11.3 Å². The Balaban J connectivity index is 2.11. The number of hydrogen-bond donors (Lipinski definition) is 1. The predicted octanol–water partition coefficient (Wildman–Crippen LogP) is 5.17. The van der Waals surface area contributed by atoms with Gasteiger partial charge in [-0.3, -0.25) is 0 Å². The lowest BCUT2D eigenvalue weighted by Crippen LogP contribution is -2.11. The molecule has 90 valence electrons. The lowest BCUT2D eigenvalue weighted by atomic mass is 10.1. The average molecular weight is 396 g/mol. The van der Waals surface area contributed by atoms with Gasteiger partial charge in [0, 0.05) is 19.9 Å². The van der Waals surface area contributed by atoms with Gasteiger partial charge in [-0.25, -0.2) is 0 Å². The first-order valence-electron chi connectivity index (χ1n) is 5.01. The molecule has 1 unspecified atom stereocenters. The third kappa shape index (κ3) is 3.55. The van der Waals surface area contributed by atoms with E-state index in [1.807, 2.05) is 18.2 Å². The molecule has 0 aliphatic heterocycles. The highest BCUT2D eigenvalue weighted by Gasteiger charge is 2.12. The van der Waals surface area contributed by atoms with Gasteiger partial charge in [-0.05, 0) is 46.1 Å². The van der Waals surface area contributed by atoms with Gasteiger partial charge in [0.2, 0.25) is 0 Å². The van der Waals surface area contributed by atoms with Gasteiger partial charge in [0.05, 0.1) is 0 Å². The van der Waals surface area contributed by atoms with Crippen molar-refractivity contribution < 1.29 is 0 Å². The molecule has 1 heterocycles. The normalized spacial score (nSPS) is 12.7. The van der Waals surface area contributed by atoms with Crippen molar-refractivity contribution in [2.45, 2.75) is 12.5 Å². The fourth-order valence-electron chi connectivity index (χ4n) is 1.52. The van der Waals surface area contributed by atoms with Crippen LogP contribution in [0.15, 0.2) is 39.3 Å². The fourth-order valence-corrected chi connectivity index (χ4v) is 3.52. The van der Waals surface area contributed by atoms with Gasteiger partial charge >= 0.3 is 0 Å². The Morgan fingerprint density at radius 1 is 1.24 bits per heavy atom. The van der Waals surface area contributed by atoms with Crippen molar-refractivity contribution in [3.05, 3.63) is 54.1 Å².